The average Bonchev–Trinajstić information content (AvgIpc) is 2.14. The Labute approximate surface area is 78.7 Å². The summed E-state index contributed by atoms with van der Waals surface area (Å²) in [6.45, 7) is 3.59. The normalized spacial score (nSPS) is 13.8. The van der Waals surface area contributed by atoms with Gasteiger partial charge in [-0.3, -0.25) is 0 Å². The Hall–Kier alpha value is -1.09. The zero-order valence-corrected chi connectivity index (χ0v) is 8.06. The van der Waals surface area contributed by atoms with Gasteiger partial charge in [0.1, 0.15) is 6.10 Å². The van der Waals surface area contributed by atoms with Crippen LogP contribution >= 0.6 is 0 Å². The zero-order chi connectivity index (χ0) is 10.1. The van der Waals surface area contributed by atoms with Crippen LogP contribution < -0.4 is 0 Å². The number of ether oxygens (including phenoxy) is 1. The zero-order valence-electron chi connectivity index (χ0n) is 8.06. The number of hydrogen-bond donors (Lipinski definition) is 1. The first-order chi connectivity index (χ1) is 6.24. The maximum atomic E-state index is 11.0. The first-order valence-electron chi connectivity index (χ1n) is 4.35. The van der Waals surface area contributed by atoms with Gasteiger partial charge in [-0.2, -0.15) is 0 Å². The molecule has 1 unspecified atom stereocenters. The van der Waals surface area contributed by atoms with Gasteiger partial charge >= 0.3 is 5.97 Å². The van der Waals surface area contributed by atoms with Crippen molar-refractivity contribution in [2.24, 2.45) is 0 Å². The van der Waals surface area contributed by atoms with Gasteiger partial charge in [0.05, 0.1) is 6.61 Å². The fraction of sp³-hybridized carbons (Fsp3) is 0.500. The molecule has 0 rings (SSSR count). The van der Waals surface area contributed by atoms with E-state index in [0.29, 0.717) is 6.42 Å². The highest BCUT2D eigenvalue weighted by Crippen LogP contribution is 1.97. The van der Waals surface area contributed by atoms with E-state index in [2.05, 4.69) is 0 Å². The van der Waals surface area contributed by atoms with Crippen molar-refractivity contribution in [3.63, 3.8) is 0 Å². The molecule has 0 heterocycles. The van der Waals surface area contributed by atoms with E-state index < -0.39 is 5.97 Å². The molecule has 3 heteroatoms. The van der Waals surface area contributed by atoms with Crippen molar-refractivity contribution in [1.29, 1.82) is 0 Å². The number of aliphatic hydroxyl groups excluding tert-OH is 1. The summed E-state index contributed by atoms with van der Waals surface area (Å²) in [6, 6.07) is 0. The van der Waals surface area contributed by atoms with Gasteiger partial charge in [0.2, 0.25) is 0 Å². The summed E-state index contributed by atoms with van der Waals surface area (Å²) in [5.74, 6) is -0.418. The van der Waals surface area contributed by atoms with Crippen LogP contribution in [0.15, 0.2) is 24.3 Å². The Bertz CT molecular complexity index is 190. The third-order valence-electron chi connectivity index (χ3n) is 1.48. The van der Waals surface area contributed by atoms with Crippen LogP contribution in [0.4, 0.5) is 0 Å². The molecule has 0 aromatic carbocycles. The van der Waals surface area contributed by atoms with Gasteiger partial charge in [-0.05, 0) is 13.3 Å². The van der Waals surface area contributed by atoms with Gasteiger partial charge < -0.3 is 9.84 Å². The van der Waals surface area contributed by atoms with E-state index in [1.54, 1.807) is 12.2 Å². The molecule has 0 saturated heterocycles. The van der Waals surface area contributed by atoms with Crippen LogP contribution in [0, 0.1) is 0 Å². The molecular weight excluding hydrogens is 168 g/mol. The van der Waals surface area contributed by atoms with Crippen LogP contribution in [-0.2, 0) is 9.53 Å². The number of esters is 1. The monoisotopic (exact) mass is 184 g/mol. The molecule has 13 heavy (non-hydrogen) atoms. The minimum atomic E-state index is -0.418. The molecule has 0 bridgehead atoms. The van der Waals surface area contributed by atoms with Gasteiger partial charge in [-0.1, -0.05) is 25.2 Å². The van der Waals surface area contributed by atoms with Crippen molar-refractivity contribution in [1.82, 2.24) is 0 Å². The molecule has 1 atom stereocenters. The molecule has 0 saturated carbocycles. The molecule has 1 N–H and O–H groups in total. The number of hydrogen-bond acceptors (Lipinski definition) is 3. The summed E-state index contributed by atoms with van der Waals surface area (Å²) in [7, 11) is 0. The van der Waals surface area contributed by atoms with Crippen molar-refractivity contribution in [2.75, 3.05) is 6.61 Å². The summed E-state index contributed by atoms with van der Waals surface area (Å²) in [5, 5.41) is 8.73. The standard InChI is InChI=1S/C10H16O3/c1-3-5-6-7-10(12)13-9(4-2)8-11/h3,5-7,9,11H,4,8H2,1-2H3. The van der Waals surface area contributed by atoms with Crippen LogP contribution in [0.1, 0.15) is 20.3 Å². The predicted molar refractivity (Wildman–Crippen MR) is 51.2 cm³/mol. The number of aliphatic hydroxyl groups is 1. The molecule has 0 aromatic rings. The number of allylic oxidation sites excluding steroid dienone is 3. The Morgan fingerprint density at radius 3 is 2.69 bits per heavy atom. The summed E-state index contributed by atoms with van der Waals surface area (Å²) in [5.41, 5.74) is 0. The van der Waals surface area contributed by atoms with E-state index in [1.807, 2.05) is 19.9 Å². The molecule has 74 valence electrons. The molecule has 0 spiro atoms. The van der Waals surface area contributed by atoms with Crippen molar-refractivity contribution < 1.29 is 14.6 Å². The largest absolute Gasteiger partial charge is 0.457 e. The lowest BCUT2D eigenvalue weighted by molar-refractivity contribution is -0.145. The molecule has 0 radical (unpaired) electrons. The Morgan fingerprint density at radius 1 is 1.54 bits per heavy atom. The third kappa shape index (κ3) is 6.11. The predicted octanol–water partition coefficient (Wildman–Crippen LogP) is 1.43. The molecule has 3 nitrogen and oxygen atoms in total. The van der Waals surface area contributed by atoms with E-state index in [-0.39, 0.29) is 12.7 Å². The number of carbonyl (C=O) groups excluding carboxylic acids is 1. The fourth-order valence-corrected chi connectivity index (χ4v) is 0.698. The Kier molecular flexibility index (Phi) is 6.92. The minimum Gasteiger partial charge on any atom is -0.457 e. The van der Waals surface area contributed by atoms with Crippen LogP contribution in [0.2, 0.25) is 0 Å². The molecule has 0 aliphatic heterocycles. The van der Waals surface area contributed by atoms with Crippen LogP contribution in [0.5, 0.6) is 0 Å². The van der Waals surface area contributed by atoms with Crippen LogP contribution in [0.3, 0.4) is 0 Å². The quantitative estimate of drug-likeness (QED) is 0.399. The molecule has 0 aliphatic carbocycles. The van der Waals surface area contributed by atoms with E-state index in [0.717, 1.165) is 0 Å². The third-order valence-corrected chi connectivity index (χ3v) is 1.48. The van der Waals surface area contributed by atoms with Crippen molar-refractivity contribution in [2.45, 2.75) is 26.4 Å². The highest BCUT2D eigenvalue weighted by atomic mass is 16.5. The summed E-state index contributed by atoms with van der Waals surface area (Å²) in [6.07, 6.45) is 6.72. The first kappa shape index (κ1) is 11.9. The summed E-state index contributed by atoms with van der Waals surface area (Å²) < 4.78 is 4.89. The molecule has 0 fully saturated rings. The summed E-state index contributed by atoms with van der Waals surface area (Å²) >= 11 is 0. The second kappa shape index (κ2) is 7.55. The highest BCUT2D eigenvalue weighted by molar-refractivity contribution is 5.82. The minimum absolute atomic E-state index is 0.125. The maximum Gasteiger partial charge on any atom is 0.331 e. The lowest BCUT2D eigenvalue weighted by atomic mass is 10.3. The van der Waals surface area contributed by atoms with Crippen LogP contribution in [0.25, 0.3) is 0 Å². The van der Waals surface area contributed by atoms with Gasteiger partial charge in [0.15, 0.2) is 0 Å². The van der Waals surface area contributed by atoms with Gasteiger partial charge in [0.25, 0.3) is 0 Å². The topological polar surface area (TPSA) is 46.5 Å². The Balaban J connectivity index is 3.85. The second-order valence-corrected chi connectivity index (χ2v) is 2.53. The SMILES string of the molecule is CC=CC=CC(=O)OC(CC)CO. The lowest BCUT2D eigenvalue weighted by Crippen LogP contribution is -2.19. The van der Waals surface area contributed by atoms with E-state index >= 15 is 0 Å². The summed E-state index contributed by atoms with van der Waals surface area (Å²) in [4.78, 5) is 11.0. The van der Waals surface area contributed by atoms with Crippen molar-refractivity contribution in [3.05, 3.63) is 24.3 Å². The highest BCUT2D eigenvalue weighted by Gasteiger charge is 2.07. The average molecular weight is 184 g/mol. The molecule has 0 aromatic heterocycles. The molecule has 0 aliphatic rings. The Morgan fingerprint density at radius 2 is 2.23 bits per heavy atom. The number of carbonyl (C=O) groups is 1. The number of rotatable bonds is 5. The van der Waals surface area contributed by atoms with Crippen molar-refractivity contribution >= 4 is 5.97 Å². The fourth-order valence-electron chi connectivity index (χ4n) is 0.698. The second-order valence-electron chi connectivity index (χ2n) is 2.53. The molecular formula is C10H16O3. The lowest BCUT2D eigenvalue weighted by Gasteiger charge is -2.10. The first-order valence-corrected chi connectivity index (χ1v) is 4.35. The van der Waals surface area contributed by atoms with Crippen molar-refractivity contribution in [3.8, 4) is 0 Å². The van der Waals surface area contributed by atoms with Crippen LogP contribution in [-0.4, -0.2) is 23.8 Å². The van der Waals surface area contributed by atoms with Gasteiger partial charge in [0, 0.05) is 6.08 Å². The van der Waals surface area contributed by atoms with E-state index in [1.165, 1.54) is 6.08 Å². The van der Waals surface area contributed by atoms with Gasteiger partial charge in [-0.25, -0.2) is 4.79 Å². The van der Waals surface area contributed by atoms with E-state index in [4.69, 9.17) is 9.84 Å². The van der Waals surface area contributed by atoms with Gasteiger partial charge in [-0.15, -0.1) is 0 Å². The molecule has 0 amide bonds. The maximum absolute atomic E-state index is 11.0. The van der Waals surface area contributed by atoms with E-state index in [9.17, 15) is 4.79 Å². The smallest absolute Gasteiger partial charge is 0.331 e.